The summed E-state index contributed by atoms with van der Waals surface area (Å²) >= 11 is 0. The molecule has 94 valence electrons. The highest BCUT2D eigenvalue weighted by molar-refractivity contribution is 5.28. The van der Waals surface area contributed by atoms with Crippen molar-refractivity contribution >= 4 is 0 Å². The lowest BCUT2D eigenvalue weighted by Crippen LogP contribution is -2.29. The van der Waals surface area contributed by atoms with Crippen LogP contribution >= 0.6 is 0 Å². The molecule has 0 bridgehead atoms. The van der Waals surface area contributed by atoms with Crippen LogP contribution in [0.2, 0.25) is 0 Å². The molecule has 0 aromatic heterocycles. The van der Waals surface area contributed by atoms with Gasteiger partial charge in [0, 0.05) is 12.6 Å². The van der Waals surface area contributed by atoms with Crippen molar-refractivity contribution in [3.63, 3.8) is 0 Å². The summed E-state index contributed by atoms with van der Waals surface area (Å²) < 4.78 is 5.64. The number of hydrazine groups is 1. The van der Waals surface area contributed by atoms with Gasteiger partial charge in [0.2, 0.25) is 0 Å². The Morgan fingerprint density at radius 2 is 2.00 bits per heavy atom. The molecular weight excluding hydrogens is 212 g/mol. The summed E-state index contributed by atoms with van der Waals surface area (Å²) in [5, 5.41) is 0. The third-order valence-electron chi connectivity index (χ3n) is 3.19. The molecule has 1 heterocycles. The number of hydrogen-bond donors (Lipinski definition) is 2. The second kappa shape index (κ2) is 5.52. The lowest BCUT2D eigenvalue weighted by atomic mass is 9.95. The molecule has 0 aliphatic carbocycles. The quantitative estimate of drug-likeness (QED) is 0.837. The minimum Gasteiger partial charge on any atom is -0.491 e. The van der Waals surface area contributed by atoms with E-state index in [2.05, 4.69) is 42.0 Å². The lowest BCUT2D eigenvalue weighted by Gasteiger charge is -2.14. The van der Waals surface area contributed by atoms with Crippen LogP contribution in [0, 0.1) is 5.92 Å². The summed E-state index contributed by atoms with van der Waals surface area (Å²) in [5.74, 6) is 1.63. The van der Waals surface area contributed by atoms with E-state index < -0.39 is 0 Å². The van der Waals surface area contributed by atoms with Gasteiger partial charge in [0.05, 0.1) is 6.10 Å². The Morgan fingerprint density at radius 1 is 1.29 bits per heavy atom. The van der Waals surface area contributed by atoms with Crippen LogP contribution in [0.15, 0.2) is 24.3 Å². The molecule has 3 nitrogen and oxygen atoms in total. The molecule has 1 aliphatic heterocycles. The van der Waals surface area contributed by atoms with Gasteiger partial charge in [-0.15, -0.1) is 0 Å². The Morgan fingerprint density at radius 3 is 2.53 bits per heavy atom. The zero-order valence-electron chi connectivity index (χ0n) is 10.9. The van der Waals surface area contributed by atoms with Crippen LogP contribution in [0.1, 0.15) is 26.3 Å². The first-order valence-electron chi connectivity index (χ1n) is 6.39. The Balaban J connectivity index is 1.93. The first-order valence-corrected chi connectivity index (χ1v) is 6.39. The van der Waals surface area contributed by atoms with Crippen molar-refractivity contribution < 1.29 is 4.74 Å². The molecule has 2 N–H and O–H groups in total. The predicted molar refractivity (Wildman–Crippen MR) is 70.0 cm³/mol. The second-order valence-corrected chi connectivity index (χ2v) is 5.09. The SMILES string of the molecule is CC(C)Oc1ccc(CC2CNNC2C)cc1. The molecule has 0 radical (unpaired) electrons. The van der Waals surface area contributed by atoms with Crippen LogP contribution in [0.5, 0.6) is 5.75 Å². The van der Waals surface area contributed by atoms with E-state index in [1.165, 1.54) is 5.56 Å². The van der Waals surface area contributed by atoms with E-state index in [0.717, 1.165) is 18.7 Å². The molecule has 1 saturated heterocycles. The molecule has 17 heavy (non-hydrogen) atoms. The van der Waals surface area contributed by atoms with Gasteiger partial charge in [-0.25, -0.2) is 0 Å². The predicted octanol–water partition coefficient (Wildman–Crippen LogP) is 2.13. The first kappa shape index (κ1) is 12.4. The minimum atomic E-state index is 0.240. The van der Waals surface area contributed by atoms with E-state index in [1.807, 2.05) is 13.8 Å². The van der Waals surface area contributed by atoms with Gasteiger partial charge in [0.25, 0.3) is 0 Å². The van der Waals surface area contributed by atoms with Crippen LogP contribution < -0.4 is 15.6 Å². The zero-order valence-corrected chi connectivity index (χ0v) is 10.9. The Bertz CT molecular complexity index is 348. The molecule has 1 aromatic rings. The van der Waals surface area contributed by atoms with Gasteiger partial charge >= 0.3 is 0 Å². The molecule has 3 heteroatoms. The highest BCUT2D eigenvalue weighted by Crippen LogP contribution is 2.18. The van der Waals surface area contributed by atoms with E-state index >= 15 is 0 Å². The molecule has 2 unspecified atom stereocenters. The fraction of sp³-hybridized carbons (Fsp3) is 0.571. The summed E-state index contributed by atoms with van der Waals surface area (Å²) in [4.78, 5) is 0. The molecule has 1 fully saturated rings. The van der Waals surface area contributed by atoms with E-state index in [-0.39, 0.29) is 6.10 Å². The third kappa shape index (κ3) is 3.45. The molecule has 0 saturated carbocycles. The van der Waals surface area contributed by atoms with E-state index in [1.54, 1.807) is 0 Å². The monoisotopic (exact) mass is 234 g/mol. The molecule has 0 spiro atoms. The van der Waals surface area contributed by atoms with Crippen molar-refractivity contribution in [2.45, 2.75) is 39.3 Å². The van der Waals surface area contributed by atoms with Gasteiger partial charge in [-0.3, -0.25) is 10.9 Å². The average Bonchev–Trinajstić information content (AvgIpc) is 2.67. The van der Waals surface area contributed by atoms with Crippen LogP contribution in [0.25, 0.3) is 0 Å². The largest absolute Gasteiger partial charge is 0.491 e. The number of nitrogens with one attached hydrogen (secondary N) is 2. The second-order valence-electron chi connectivity index (χ2n) is 5.09. The number of ether oxygens (including phenoxy) is 1. The summed E-state index contributed by atoms with van der Waals surface area (Å²) in [6.07, 6.45) is 1.35. The Labute approximate surface area is 104 Å². The van der Waals surface area contributed by atoms with Crippen LogP contribution in [0.3, 0.4) is 0 Å². The van der Waals surface area contributed by atoms with Crippen LogP contribution in [0.4, 0.5) is 0 Å². The summed E-state index contributed by atoms with van der Waals surface area (Å²) in [7, 11) is 0. The molecule has 1 aromatic carbocycles. The van der Waals surface area contributed by atoms with E-state index in [4.69, 9.17) is 4.74 Å². The van der Waals surface area contributed by atoms with Gasteiger partial charge in [0.15, 0.2) is 0 Å². The molecule has 0 amide bonds. The fourth-order valence-corrected chi connectivity index (χ4v) is 2.17. The standard InChI is InChI=1S/C14H22N2O/c1-10(2)17-14-6-4-12(5-7-14)8-13-9-15-16-11(13)3/h4-7,10-11,13,15-16H,8-9H2,1-3H3. The van der Waals surface area contributed by atoms with Crippen molar-refractivity contribution in [3.8, 4) is 5.75 Å². The number of rotatable bonds is 4. The van der Waals surface area contributed by atoms with Crippen molar-refractivity contribution in [1.82, 2.24) is 10.9 Å². The molecule has 2 atom stereocenters. The first-order chi connectivity index (χ1) is 8.15. The Hall–Kier alpha value is -1.06. The van der Waals surface area contributed by atoms with Gasteiger partial charge in [0.1, 0.15) is 5.75 Å². The lowest BCUT2D eigenvalue weighted by molar-refractivity contribution is 0.242. The van der Waals surface area contributed by atoms with E-state index in [9.17, 15) is 0 Å². The average molecular weight is 234 g/mol. The summed E-state index contributed by atoms with van der Waals surface area (Å²) in [6.45, 7) is 7.36. The fourth-order valence-electron chi connectivity index (χ4n) is 2.17. The topological polar surface area (TPSA) is 33.3 Å². The number of benzene rings is 1. The molecule has 2 rings (SSSR count). The summed E-state index contributed by atoms with van der Waals surface area (Å²) in [5.41, 5.74) is 7.84. The maximum Gasteiger partial charge on any atom is 0.119 e. The van der Waals surface area contributed by atoms with Crippen molar-refractivity contribution in [1.29, 1.82) is 0 Å². The van der Waals surface area contributed by atoms with Gasteiger partial charge in [-0.2, -0.15) is 0 Å². The van der Waals surface area contributed by atoms with Crippen molar-refractivity contribution in [2.75, 3.05) is 6.54 Å². The minimum absolute atomic E-state index is 0.240. The number of hydrogen-bond acceptors (Lipinski definition) is 3. The molecule has 1 aliphatic rings. The molecular formula is C14H22N2O. The maximum absolute atomic E-state index is 5.64. The summed E-state index contributed by atoms with van der Waals surface area (Å²) in [6, 6.07) is 9.01. The normalized spacial score (nSPS) is 24.2. The Kier molecular flexibility index (Phi) is 4.02. The van der Waals surface area contributed by atoms with E-state index in [0.29, 0.717) is 12.0 Å². The smallest absolute Gasteiger partial charge is 0.119 e. The van der Waals surface area contributed by atoms with Gasteiger partial charge in [-0.05, 0) is 50.8 Å². The van der Waals surface area contributed by atoms with Crippen LogP contribution in [-0.2, 0) is 6.42 Å². The van der Waals surface area contributed by atoms with Crippen LogP contribution in [-0.4, -0.2) is 18.7 Å². The van der Waals surface area contributed by atoms with Gasteiger partial charge in [-0.1, -0.05) is 12.1 Å². The highest BCUT2D eigenvalue weighted by Gasteiger charge is 2.22. The van der Waals surface area contributed by atoms with Gasteiger partial charge < -0.3 is 4.74 Å². The maximum atomic E-state index is 5.64. The third-order valence-corrected chi connectivity index (χ3v) is 3.19. The highest BCUT2D eigenvalue weighted by atomic mass is 16.5. The van der Waals surface area contributed by atoms with Crippen molar-refractivity contribution in [3.05, 3.63) is 29.8 Å². The van der Waals surface area contributed by atoms with Crippen molar-refractivity contribution in [2.24, 2.45) is 5.92 Å². The zero-order chi connectivity index (χ0) is 12.3.